The number of benzene rings is 3. The van der Waals surface area contributed by atoms with Crippen molar-refractivity contribution in [2.75, 3.05) is 6.61 Å². The maximum atomic E-state index is 12.1. The first-order chi connectivity index (χ1) is 13.1. The molecule has 0 aromatic heterocycles. The number of ether oxygens (including phenoxy) is 2. The van der Waals surface area contributed by atoms with Gasteiger partial charge >= 0.3 is 5.97 Å². The van der Waals surface area contributed by atoms with E-state index < -0.39 is 5.97 Å². The number of hydrogen-bond acceptors (Lipinski definition) is 4. The van der Waals surface area contributed by atoms with Crippen LogP contribution in [-0.4, -0.2) is 18.4 Å². The third-order valence-electron chi connectivity index (χ3n) is 3.84. The van der Waals surface area contributed by atoms with Crippen LogP contribution in [0.3, 0.4) is 0 Å². The lowest BCUT2D eigenvalue weighted by Gasteiger charge is -2.08. The van der Waals surface area contributed by atoms with Gasteiger partial charge in [0.15, 0.2) is 12.4 Å². The van der Waals surface area contributed by atoms with E-state index >= 15 is 0 Å². The second-order valence-electron chi connectivity index (χ2n) is 5.80. The molecule has 3 rings (SSSR count). The van der Waals surface area contributed by atoms with Crippen LogP contribution in [0.4, 0.5) is 0 Å². The Balaban J connectivity index is 1.51. The summed E-state index contributed by atoms with van der Waals surface area (Å²) in [6, 6.07) is 23.2. The number of carbonyl (C=O) groups is 2. The number of ketones is 1. The fraction of sp³-hybridized carbons (Fsp3) is 0.0909. The van der Waals surface area contributed by atoms with E-state index in [1.165, 1.54) is 0 Å². The quantitative estimate of drug-likeness (QED) is 0.392. The van der Waals surface area contributed by atoms with E-state index in [2.05, 4.69) is 15.9 Å². The van der Waals surface area contributed by atoms with Gasteiger partial charge in [-0.1, -0.05) is 58.4 Å². The molecule has 0 atom stereocenters. The van der Waals surface area contributed by atoms with Gasteiger partial charge in [0.2, 0.25) is 0 Å². The summed E-state index contributed by atoms with van der Waals surface area (Å²) in [7, 11) is 0. The highest BCUT2D eigenvalue weighted by Crippen LogP contribution is 2.17. The minimum absolute atomic E-state index is 0.233. The van der Waals surface area contributed by atoms with Crippen LogP contribution in [0.2, 0.25) is 0 Å². The second-order valence-corrected chi connectivity index (χ2v) is 6.72. The van der Waals surface area contributed by atoms with E-state index in [1.807, 2.05) is 30.3 Å². The number of carbonyl (C=O) groups excluding carboxylic acids is 2. The smallest absolute Gasteiger partial charge is 0.338 e. The molecule has 0 bridgehead atoms. The Labute approximate surface area is 165 Å². The van der Waals surface area contributed by atoms with Crippen LogP contribution >= 0.6 is 15.9 Å². The Bertz CT molecular complexity index is 903. The van der Waals surface area contributed by atoms with Crippen LogP contribution in [0.15, 0.2) is 83.3 Å². The van der Waals surface area contributed by atoms with Gasteiger partial charge in [-0.15, -0.1) is 0 Å². The monoisotopic (exact) mass is 424 g/mol. The summed E-state index contributed by atoms with van der Waals surface area (Å²) >= 11 is 3.38. The fourth-order valence-corrected chi connectivity index (χ4v) is 2.62. The van der Waals surface area contributed by atoms with E-state index in [0.717, 1.165) is 15.8 Å². The van der Waals surface area contributed by atoms with Gasteiger partial charge in [0.1, 0.15) is 12.4 Å². The SMILES string of the molecule is O=C(COC(=O)c1ccc(COc2ccc(Br)cc2)cc1)c1ccccc1. The van der Waals surface area contributed by atoms with Crippen LogP contribution in [0, 0.1) is 0 Å². The highest BCUT2D eigenvalue weighted by Gasteiger charge is 2.11. The lowest BCUT2D eigenvalue weighted by molar-refractivity contribution is 0.0474. The molecule has 0 aliphatic rings. The molecular weight excluding hydrogens is 408 g/mol. The molecule has 3 aromatic carbocycles. The minimum atomic E-state index is -0.528. The van der Waals surface area contributed by atoms with Crippen LogP contribution in [0.25, 0.3) is 0 Å². The second kappa shape index (κ2) is 9.14. The number of Topliss-reactive ketones (excluding diaryl/α,β-unsaturated/α-hetero) is 1. The number of rotatable bonds is 7. The third kappa shape index (κ3) is 5.53. The lowest BCUT2D eigenvalue weighted by atomic mass is 10.1. The van der Waals surface area contributed by atoms with Gasteiger partial charge in [-0.2, -0.15) is 0 Å². The summed E-state index contributed by atoms with van der Waals surface area (Å²) in [4.78, 5) is 24.1. The summed E-state index contributed by atoms with van der Waals surface area (Å²) in [5, 5.41) is 0. The fourth-order valence-electron chi connectivity index (χ4n) is 2.36. The van der Waals surface area contributed by atoms with E-state index in [9.17, 15) is 9.59 Å². The predicted molar refractivity (Wildman–Crippen MR) is 106 cm³/mol. The van der Waals surface area contributed by atoms with Crippen molar-refractivity contribution in [1.29, 1.82) is 0 Å². The van der Waals surface area contributed by atoms with Crippen molar-refractivity contribution >= 4 is 27.7 Å². The van der Waals surface area contributed by atoms with Crippen molar-refractivity contribution in [2.24, 2.45) is 0 Å². The van der Waals surface area contributed by atoms with Crippen molar-refractivity contribution in [3.05, 3.63) is 100 Å². The molecule has 5 heteroatoms. The molecule has 0 amide bonds. The molecule has 0 unspecified atom stereocenters. The van der Waals surface area contributed by atoms with Gasteiger partial charge in [0.05, 0.1) is 5.56 Å². The Morgan fingerprint density at radius 3 is 2.11 bits per heavy atom. The van der Waals surface area contributed by atoms with Crippen LogP contribution in [0.1, 0.15) is 26.3 Å². The summed E-state index contributed by atoms with van der Waals surface area (Å²) in [6.07, 6.45) is 0. The molecule has 0 spiro atoms. The van der Waals surface area contributed by atoms with E-state index in [1.54, 1.807) is 48.5 Å². The molecule has 27 heavy (non-hydrogen) atoms. The summed E-state index contributed by atoms with van der Waals surface area (Å²) in [6.45, 7) is 0.112. The molecule has 0 N–H and O–H groups in total. The molecule has 0 aliphatic carbocycles. The average molecular weight is 425 g/mol. The molecule has 0 radical (unpaired) electrons. The topological polar surface area (TPSA) is 52.6 Å². The van der Waals surface area contributed by atoms with Crippen molar-refractivity contribution in [1.82, 2.24) is 0 Å². The largest absolute Gasteiger partial charge is 0.489 e. The Hall–Kier alpha value is -2.92. The summed E-state index contributed by atoms with van der Waals surface area (Å²) in [5.41, 5.74) is 1.84. The normalized spacial score (nSPS) is 10.3. The van der Waals surface area contributed by atoms with Crippen molar-refractivity contribution in [3.63, 3.8) is 0 Å². The van der Waals surface area contributed by atoms with Crippen molar-refractivity contribution in [2.45, 2.75) is 6.61 Å². The number of hydrogen-bond donors (Lipinski definition) is 0. The third-order valence-corrected chi connectivity index (χ3v) is 4.37. The van der Waals surface area contributed by atoms with Crippen LogP contribution < -0.4 is 4.74 Å². The van der Waals surface area contributed by atoms with Crippen molar-refractivity contribution < 1.29 is 19.1 Å². The first-order valence-electron chi connectivity index (χ1n) is 8.34. The molecule has 0 fully saturated rings. The molecule has 0 saturated carbocycles. The number of halogens is 1. The zero-order chi connectivity index (χ0) is 19.1. The van der Waals surface area contributed by atoms with Crippen LogP contribution in [0.5, 0.6) is 5.75 Å². The highest BCUT2D eigenvalue weighted by atomic mass is 79.9. The molecule has 0 heterocycles. The van der Waals surface area contributed by atoms with Crippen molar-refractivity contribution in [3.8, 4) is 5.75 Å². The first kappa shape index (κ1) is 18.9. The Kier molecular flexibility index (Phi) is 6.39. The molecular formula is C22H17BrO4. The molecule has 0 aliphatic heterocycles. The minimum Gasteiger partial charge on any atom is -0.489 e. The predicted octanol–water partition coefficient (Wildman–Crippen LogP) is 5.07. The van der Waals surface area contributed by atoms with Gasteiger partial charge < -0.3 is 9.47 Å². The van der Waals surface area contributed by atoms with Gasteiger partial charge in [-0.3, -0.25) is 4.79 Å². The first-order valence-corrected chi connectivity index (χ1v) is 9.14. The zero-order valence-electron chi connectivity index (χ0n) is 14.4. The zero-order valence-corrected chi connectivity index (χ0v) is 16.0. The van der Waals surface area contributed by atoms with E-state index in [0.29, 0.717) is 17.7 Å². The van der Waals surface area contributed by atoms with Gasteiger partial charge in [-0.05, 0) is 42.0 Å². The molecule has 3 aromatic rings. The van der Waals surface area contributed by atoms with E-state index in [4.69, 9.17) is 9.47 Å². The van der Waals surface area contributed by atoms with E-state index in [-0.39, 0.29) is 12.4 Å². The molecule has 136 valence electrons. The van der Waals surface area contributed by atoms with Gasteiger partial charge in [0.25, 0.3) is 0 Å². The van der Waals surface area contributed by atoms with Gasteiger partial charge in [0, 0.05) is 10.0 Å². The van der Waals surface area contributed by atoms with Gasteiger partial charge in [-0.25, -0.2) is 4.79 Å². The maximum absolute atomic E-state index is 12.1. The Morgan fingerprint density at radius 1 is 0.778 bits per heavy atom. The number of esters is 1. The Morgan fingerprint density at radius 2 is 1.44 bits per heavy atom. The molecule has 4 nitrogen and oxygen atoms in total. The highest BCUT2D eigenvalue weighted by molar-refractivity contribution is 9.10. The standard InChI is InChI=1S/C22H17BrO4/c23-19-10-12-20(13-11-19)26-14-16-6-8-18(9-7-16)22(25)27-15-21(24)17-4-2-1-3-5-17/h1-13H,14-15H2. The maximum Gasteiger partial charge on any atom is 0.338 e. The van der Waals surface area contributed by atoms with Crippen LogP contribution in [-0.2, 0) is 11.3 Å². The average Bonchev–Trinajstić information content (AvgIpc) is 2.72. The summed E-state index contributed by atoms with van der Waals surface area (Å²) < 4.78 is 11.8. The lowest BCUT2D eigenvalue weighted by Crippen LogP contribution is -2.14. The summed E-state index contributed by atoms with van der Waals surface area (Å²) in [5.74, 6) is 0.00392. The molecule has 0 saturated heterocycles.